The average molecular weight is 260 g/mol. The van der Waals surface area contributed by atoms with E-state index in [2.05, 4.69) is 4.98 Å². The Bertz CT molecular complexity index is 663. The van der Waals surface area contributed by atoms with Crippen LogP contribution < -0.4 is 5.43 Å². The van der Waals surface area contributed by atoms with Gasteiger partial charge in [0.25, 0.3) is 5.91 Å². The number of nitrogens with one attached hydrogen (secondary N) is 1. The maximum Gasteiger partial charge on any atom is 0.270 e. The third-order valence-corrected chi connectivity index (χ3v) is 3.21. The highest BCUT2D eigenvalue weighted by molar-refractivity contribution is 5.94. The first-order valence-electron chi connectivity index (χ1n) is 6.04. The van der Waals surface area contributed by atoms with E-state index < -0.39 is 0 Å². The summed E-state index contributed by atoms with van der Waals surface area (Å²) in [6.07, 6.45) is 0. The van der Waals surface area contributed by atoms with Crippen molar-refractivity contribution in [1.82, 2.24) is 9.88 Å². The van der Waals surface area contributed by atoms with Crippen molar-refractivity contribution in [3.05, 3.63) is 46.2 Å². The van der Waals surface area contributed by atoms with Gasteiger partial charge >= 0.3 is 0 Å². The molecule has 0 aliphatic carbocycles. The Morgan fingerprint density at radius 1 is 1.42 bits per heavy atom. The van der Waals surface area contributed by atoms with Crippen LogP contribution in [0.1, 0.15) is 17.4 Å². The summed E-state index contributed by atoms with van der Waals surface area (Å²) in [6, 6.07) is 8.03. The Hall–Kier alpha value is -2.14. The molecule has 5 heteroatoms. The number of hydrogen-bond donors (Lipinski definition) is 2. The molecule has 2 aromatic rings. The number of aromatic amines is 1. The maximum absolute atomic E-state index is 12.2. The van der Waals surface area contributed by atoms with Crippen molar-refractivity contribution in [2.24, 2.45) is 0 Å². The molecule has 0 bridgehead atoms. The quantitative estimate of drug-likeness (QED) is 0.864. The largest absolute Gasteiger partial charge is 0.394 e. The number of carbonyl (C=O) groups excluding carboxylic acids is 1. The van der Waals surface area contributed by atoms with Gasteiger partial charge in [-0.25, -0.2) is 0 Å². The van der Waals surface area contributed by atoms with Crippen molar-refractivity contribution in [1.29, 1.82) is 0 Å². The number of para-hydroxylation sites is 1. The minimum Gasteiger partial charge on any atom is -0.394 e. The number of rotatable bonds is 3. The van der Waals surface area contributed by atoms with E-state index in [9.17, 15) is 9.59 Å². The molecule has 2 N–H and O–H groups in total. The molecule has 5 nitrogen and oxygen atoms in total. The number of fused-ring (bicyclic) bond motifs is 1. The van der Waals surface area contributed by atoms with Crippen LogP contribution in [0.4, 0.5) is 0 Å². The van der Waals surface area contributed by atoms with Gasteiger partial charge in [-0.05, 0) is 19.1 Å². The number of pyridine rings is 1. The van der Waals surface area contributed by atoms with Gasteiger partial charge in [0.15, 0.2) is 5.43 Å². The SMILES string of the molecule is CC(CO)N(C)C(=O)c1cc(=O)c2ccccc2[nH]1. The zero-order valence-electron chi connectivity index (χ0n) is 10.9. The number of benzene rings is 1. The Labute approximate surface area is 110 Å². The first kappa shape index (κ1) is 13.3. The number of aliphatic hydroxyl groups excluding tert-OH is 1. The first-order chi connectivity index (χ1) is 9.04. The Balaban J connectivity index is 2.46. The number of aromatic nitrogens is 1. The van der Waals surface area contributed by atoms with Crippen molar-refractivity contribution >= 4 is 16.8 Å². The zero-order chi connectivity index (χ0) is 14.0. The molecule has 0 fully saturated rings. The summed E-state index contributed by atoms with van der Waals surface area (Å²) >= 11 is 0. The van der Waals surface area contributed by atoms with E-state index in [0.717, 1.165) is 0 Å². The molecule has 1 unspecified atom stereocenters. The van der Waals surface area contributed by atoms with Crippen LogP contribution in [0.25, 0.3) is 10.9 Å². The summed E-state index contributed by atoms with van der Waals surface area (Å²) in [6.45, 7) is 1.61. The number of amides is 1. The Morgan fingerprint density at radius 2 is 2.11 bits per heavy atom. The molecule has 100 valence electrons. The van der Waals surface area contributed by atoms with Gasteiger partial charge in [0.2, 0.25) is 0 Å². The standard InChI is InChI=1S/C14H16N2O3/c1-9(8-17)16(2)14(19)12-7-13(18)10-5-3-4-6-11(10)15-12/h3-7,9,17H,8H2,1-2H3,(H,15,18). The van der Waals surface area contributed by atoms with Gasteiger partial charge in [-0.1, -0.05) is 12.1 Å². The summed E-state index contributed by atoms with van der Waals surface area (Å²) in [5, 5.41) is 9.61. The Kier molecular flexibility index (Phi) is 3.66. The number of carbonyl (C=O) groups is 1. The zero-order valence-corrected chi connectivity index (χ0v) is 10.9. The van der Waals surface area contributed by atoms with E-state index in [1.807, 2.05) is 0 Å². The van der Waals surface area contributed by atoms with E-state index >= 15 is 0 Å². The predicted molar refractivity (Wildman–Crippen MR) is 73.2 cm³/mol. The first-order valence-corrected chi connectivity index (χ1v) is 6.04. The van der Waals surface area contributed by atoms with Gasteiger partial charge in [0.1, 0.15) is 5.69 Å². The topological polar surface area (TPSA) is 73.4 Å². The number of likely N-dealkylation sites (N-methyl/N-ethyl adjacent to an activating group) is 1. The summed E-state index contributed by atoms with van der Waals surface area (Å²) in [4.78, 5) is 28.5. The monoisotopic (exact) mass is 260 g/mol. The van der Waals surface area contributed by atoms with Crippen molar-refractivity contribution in [2.45, 2.75) is 13.0 Å². The van der Waals surface area contributed by atoms with E-state index in [0.29, 0.717) is 10.9 Å². The highest BCUT2D eigenvalue weighted by atomic mass is 16.3. The molecule has 0 spiro atoms. The minimum atomic E-state index is -0.315. The molecule has 0 aliphatic heterocycles. The summed E-state index contributed by atoms with van der Waals surface area (Å²) in [7, 11) is 1.59. The molecule has 2 rings (SSSR count). The molecule has 1 aromatic heterocycles. The fraction of sp³-hybridized carbons (Fsp3) is 0.286. The third-order valence-electron chi connectivity index (χ3n) is 3.21. The van der Waals surface area contributed by atoms with E-state index in [4.69, 9.17) is 5.11 Å². The maximum atomic E-state index is 12.2. The molecule has 0 saturated heterocycles. The molecular formula is C14H16N2O3. The molecular weight excluding hydrogens is 244 g/mol. The summed E-state index contributed by atoms with van der Waals surface area (Å²) < 4.78 is 0. The van der Waals surface area contributed by atoms with Crippen molar-refractivity contribution in [3.63, 3.8) is 0 Å². The molecule has 1 amide bonds. The number of aliphatic hydroxyl groups is 1. The molecule has 1 heterocycles. The van der Waals surface area contributed by atoms with Gasteiger partial charge in [-0.3, -0.25) is 9.59 Å². The van der Waals surface area contributed by atoms with Crippen LogP contribution in [0.15, 0.2) is 35.1 Å². The lowest BCUT2D eigenvalue weighted by atomic mass is 10.2. The van der Waals surface area contributed by atoms with Gasteiger partial charge in [0.05, 0.1) is 12.6 Å². The van der Waals surface area contributed by atoms with Crippen LogP contribution in [0.2, 0.25) is 0 Å². The molecule has 0 aliphatic rings. The smallest absolute Gasteiger partial charge is 0.270 e. The third kappa shape index (κ3) is 2.51. The lowest BCUT2D eigenvalue weighted by Gasteiger charge is -2.23. The van der Waals surface area contributed by atoms with Crippen LogP contribution in [0.5, 0.6) is 0 Å². The lowest BCUT2D eigenvalue weighted by Crippen LogP contribution is -2.38. The second kappa shape index (κ2) is 5.24. The van der Waals surface area contributed by atoms with E-state index in [1.165, 1.54) is 11.0 Å². The predicted octanol–water partition coefficient (Wildman–Crippen LogP) is 0.981. The second-order valence-electron chi connectivity index (χ2n) is 4.54. The van der Waals surface area contributed by atoms with Crippen LogP contribution >= 0.6 is 0 Å². The molecule has 0 radical (unpaired) electrons. The molecule has 0 saturated carbocycles. The van der Waals surface area contributed by atoms with Gasteiger partial charge < -0.3 is 15.0 Å². The average Bonchev–Trinajstić information content (AvgIpc) is 2.44. The van der Waals surface area contributed by atoms with Crippen molar-refractivity contribution in [3.8, 4) is 0 Å². The van der Waals surface area contributed by atoms with Crippen LogP contribution in [0, 0.1) is 0 Å². The lowest BCUT2D eigenvalue weighted by molar-refractivity contribution is 0.0676. The molecule has 1 aromatic carbocycles. The summed E-state index contributed by atoms with van der Waals surface area (Å²) in [5.74, 6) is -0.315. The van der Waals surface area contributed by atoms with Crippen LogP contribution in [-0.2, 0) is 0 Å². The number of nitrogens with zero attached hydrogens (tertiary/aromatic N) is 1. The highest BCUT2D eigenvalue weighted by Gasteiger charge is 2.18. The van der Waals surface area contributed by atoms with Gasteiger partial charge in [-0.15, -0.1) is 0 Å². The van der Waals surface area contributed by atoms with Crippen molar-refractivity contribution < 1.29 is 9.90 Å². The molecule has 1 atom stereocenters. The fourth-order valence-corrected chi connectivity index (χ4v) is 1.82. The fourth-order valence-electron chi connectivity index (χ4n) is 1.82. The summed E-state index contributed by atoms with van der Waals surface area (Å²) in [5.41, 5.74) is 0.664. The van der Waals surface area contributed by atoms with Gasteiger partial charge in [0, 0.05) is 24.0 Å². The minimum absolute atomic E-state index is 0.125. The van der Waals surface area contributed by atoms with Crippen LogP contribution in [-0.4, -0.2) is 40.6 Å². The van der Waals surface area contributed by atoms with Crippen molar-refractivity contribution in [2.75, 3.05) is 13.7 Å². The van der Waals surface area contributed by atoms with Gasteiger partial charge in [-0.2, -0.15) is 0 Å². The van der Waals surface area contributed by atoms with E-state index in [-0.39, 0.29) is 29.7 Å². The number of H-pyrrole nitrogens is 1. The van der Waals surface area contributed by atoms with E-state index in [1.54, 1.807) is 38.2 Å². The number of hydrogen-bond acceptors (Lipinski definition) is 3. The molecule has 19 heavy (non-hydrogen) atoms. The van der Waals surface area contributed by atoms with Crippen LogP contribution in [0.3, 0.4) is 0 Å². The second-order valence-corrected chi connectivity index (χ2v) is 4.54. The highest BCUT2D eigenvalue weighted by Crippen LogP contribution is 2.09. The normalized spacial score (nSPS) is 12.4. The Morgan fingerprint density at radius 3 is 2.79 bits per heavy atom.